The highest BCUT2D eigenvalue weighted by Gasteiger charge is 2.33. The van der Waals surface area contributed by atoms with Crippen LogP contribution < -0.4 is 0 Å². The van der Waals surface area contributed by atoms with Crippen LogP contribution in [0.15, 0.2) is 5.38 Å². The summed E-state index contributed by atoms with van der Waals surface area (Å²) in [6, 6.07) is 0. The SMILES string of the molecule is COCc1csc(-c2sc3c(c2C(=O)O)CC(C)(C)CC3)n1. The second-order valence-corrected chi connectivity index (χ2v) is 8.39. The van der Waals surface area contributed by atoms with Crippen molar-refractivity contribution in [2.24, 2.45) is 5.41 Å². The number of carboxylic acids is 1. The van der Waals surface area contributed by atoms with Gasteiger partial charge >= 0.3 is 5.97 Å². The van der Waals surface area contributed by atoms with Crippen molar-refractivity contribution in [1.82, 2.24) is 4.98 Å². The molecule has 0 aliphatic heterocycles. The number of aromatic nitrogens is 1. The molecular weight excluding hydrogens is 318 g/mol. The highest BCUT2D eigenvalue weighted by molar-refractivity contribution is 7.21. The molecule has 0 fully saturated rings. The predicted octanol–water partition coefficient (Wildman–Crippen LogP) is 4.23. The maximum absolute atomic E-state index is 11.8. The molecule has 0 saturated heterocycles. The summed E-state index contributed by atoms with van der Waals surface area (Å²) in [5, 5.41) is 12.4. The van der Waals surface area contributed by atoms with Crippen molar-refractivity contribution in [2.75, 3.05) is 7.11 Å². The fourth-order valence-corrected chi connectivity index (χ4v) is 5.13. The summed E-state index contributed by atoms with van der Waals surface area (Å²) < 4.78 is 5.09. The van der Waals surface area contributed by atoms with E-state index in [9.17, 15) is 9.90 Å². The van der Waals surface area contributed by atoms with E-state index in [1.54, 1.807) is 18.4 Å². The van der Waals surface area contributed by atoms with Gasteiger partial charge in [-0.3, -0.25) is 0 Å². The van der Waals surface area contributed by atoms with Crippen molar-refractivity contribution < 1.29 is 14.6 Å². The lowest BCUT2D eigenvalue weighted by molar-refractivity contribution is 0.0696. The van der Waals surface area contributed by atoms with Crippen LogP contribution >= 0.6 is 22.7 Å². The van der Waals surface area contributed by atoms with Gasteiger partial charge in [0.25, 0.3) is 0 Å². The van der Waals surface area contributed by atoms with Crippen molar-refractivity contribution in [3.8, 4) is 9.88 Å². The van der Waals surface area contributed by atoms with E-state index in [-0.39, 0.29) is 5.41 Å². The normalized spacial score (nSPS) is 16.5. The zero-order valence-electron chi connectivity index (χ0n) is 12.9. The van der Waals surface area contributed by atoms with Crippen molar-refractivity contribution in [3.63, 3.8) is 0 Å². The molecule has 0 unspecified atom stereocenters. The number of carbonyl (C=O) groups is 1. The number of thiazole rings is 1. The number of ether oxygens (including phenoxy) is 1. The molecule has 0 radical (unpaired) electrons. The number of nitrogens with zero attached hydrogens (tertiary/aromatic N) is 1. The lowest BCUT2D eigenvalue weighted by Gasteiger charge is -2.29. The first-order valence-electron chi connectivity index (χ1n) is 7.23. The molecule has 0 spiro atoms. The van der Waals surface area contributed by atoms with Crippen LogP contribution in [0.25, 0.3) is 9.88 Å². The van der Waals surface area contributed by atoms with E-state index in [0.29, 0.717) is 12.2 Å². The van der Waals surface area contributed by atoms with Crippen molar-refractivity contribution in [1.29, 1.82) is 0 Å². The third kappa shape index (κ3) is 2.83. The second-order valence-electron chi connectivity index (χ2n) is 6.43. The van der Waals surface area contributed by atoms with Crippen molar-refractivity contribution >= 4 is 28.6 Å². The first-order chi connectivity index (χ1) is 10.4. The van der Waals surface area contributed by atoms with E-state index in [0.717, 1.165) is 40.4 Å². The molecule has 118 valence electrons. The molecular formula is C16H19NO3S2. The smallest absolute Gasteiger partial charge is 0.337 e. The molecule has 2 aromatic heterocycles. The average Bonchev–Trinajstić information content (AvgIpc) is 3.01. The molecule has 4 nitrogen and oxygen atoms in total. The van der Waals surface area contributed by atoms with Crippen LogP contribution in [0.4, 0.5) is 0 Å². The third-order valence-corrected chi connectivity index (χ3v) is 6.36. The van der Waals surface area contributed by atoms with E-state index in [1.165, 1.54) is 16.2 Å². The molecule has 0 saturated carbocycles. The third-order valence-electron chi connectivity index (χ3n) is 4.03. The molecule has 2 aromatic rings. The Bertz CT molecular complexity index is 715. The maximum Gasteiger partial charge on any atom is 0.337 e. The Labute approximate surface area is 137 Å². The van der Waals surface area contributed by atoms with Gasteiger partial charge in [0, 0.05) is 17.4 Å². The average molecular weight is 337 g/mol. The van der Waals surface area contributed by atoms with Gasteiger partial charge in [-0.1, -0.05) is 13.8 Å². The lowest BCUT2D eigenvalue weighted by Crippen LogP contribution is -2.22. The quantitative estimate of drug-likeness (QED) is 0.907. The first-order valence-corrected chi connectivity index (χ1v) is 8.92. The molecule has 22 heavy (non-hydrogen) atoms. The number of rotatable bonds is 4. The molecule has 1 N–H and O–H groups in total. The topological polar surface area (TPSA) is 59.4 Å². The molecule has 0 amide bonds. The summed E-state index contributed by atoms with van der Waals surface area (Å²) in [6.07, 6.45) is 2.89. The van der Waals surface area contributed by atoms with Gasteiger partial charge in [-0.05, 0) is 30.2 Å². The standard InChI is InChI=1S/C16H19NO3S2/c1-16(2)5-4-11-10(6-16)12(15(18)19)13(22-11)14-17-9(7-20-3)8-21-14/h8H,4-7H2,1-3H3,(H,18,19). The van der Waals surface area contributed by atoms with E-state index >= 15 is 0 Å². The van der Waals surface area contributed by atoms with Crippen LogP contribution in [-0.4, -0.2) is 23.2 Å². The summed E-state index contributed by atoms with van der Waals surface area (Å²) in [6.45, 7) is 4.87. The Kier molecular flexibility index (Phi) is 4.09. The second kappa shape index (κ2) is 5.76. The number of hydrogen-bond donors (Lipinski definition) is 1. The molecule has 0 bridgehead atoms. The van der Waals surface area contributed by atoms with Gasteiger partial charge in [0.05, 0.1) is 22.7 Å². The van der Waals surface area contributed by atoms with Gasteiger partial charge in [-0.15, -0.1) is 22.7 Å². The van der Waals surface area contributed by atoms with Gasteiger partial charge in [0.2, 0.25) is 0 Å². The Morgan fingerprint density at radius 1 is 1.50 bits per heavy atom. The Hall–Kier alpha value is -1.24. The van der Waals surface area contributed by atoms with Crippen LogP contribution in [-0.2, 0) is 24.2 Å². The summed E-state index contributed by atoms with van der Waals surface area (Å²) in [4.78, 5) is 18.4. The summed E-state index contributed by atoms with van der Waals surface area (Å²) in [5.74, 6) is -0.839. The number of hydrogen-bond acceptors (Lipinski definition) is 5. The molecule has 3 rings (SSSR count). The zero-order chi connectivity index (χ0) is 15.9. The summed E-state index contributed by atoms with van der Waals surface area (Å²) >= 11 is 3.10. The lowest BCUT2D eigenvalue weighted by atomic mass is 9.76. The largest absolute Gasteiger partial charge is 0.478 e. The van der Waals surface area contributed by atoms with Crippen LogP contribution in [0.2, 0.25) is 0 Å². The van der Waals surface area contributed by atoms with Gasteiger partial charge in [0.15, 0.2) is 0 Å². The number of fused-ring (bicyclic) bond motifs is 1. The van der Waals surface area contributed by atoms with Gasteiger partial charge < -0.3 is 9.84 Å². The van der Waals surface area contributed by atoms with E-state index < -0.39 is 5.97 Å². The van der Waals surface area contributed by atoms with E-state index in [4.69, 9.17) is 4.74 Å². The summed E-state index contributed by atoms with van der Waals surface area (Å²) in [5.41, 5.74) is 2.50. The van der Waals surface area contributed by atoms with Crippen molar-refractivity contribution in [3.05, 3.63) is 27.1 Å². The molecule has 0 aromatic carbocycles. The van der Waals surface area contributed by atoms with E-state index in [2.05, 4.69) is 18.8 Å². The minimum atomic E-state index is -0.839. The Morgan fingerprint density at radius 3 is 2.95 bits per heavy atom. The fourth-order valence-electron chi connectivity index (χ4n) is 2.92. The number of carboxylic acid groups (broad SMARTS) is 1. The zero-order valence-corrected chi connectivity index (χ0v) is 14.6. The molecule has 2 heterocycles. The number of aryl methyl sites for hydroxylation is 1. The van der Waals surface area contributed by atoms with Gasteiger partial charge in [-0.25, -0.2) is 9.78 Å². The minimum absolute atomic E-state index is 0.166. The minimum Gasteiger partial charge on any atom is -0.478 e. The fraction of sp³-hybridized carbons (Fsp3) is 0.500. The monoisotopic (exact) mass is 337 g/mol. The van der Waals surface area contributed by atoms with Crippen LogP contribution in [0.3, 0.4) is 0 Å². The number of thiophene rings is 1. The number of aromatic carboxylic acids is 1. The first kappa shape index (κ1) is 15.6. The molecule has 1 aliphatic rings. The summed E-state index contributed by atoms with van der Waals surface area (Å²) in [7, 11) is 1.63. The van der Waals surface area contributed by atoms with Crippen LogP contribution in [0.5, 0.6) is 0 Å². The molecule has 0 atom stereocenters. The maximum atomic E-state index is 11.8. The van der Waals surface area contributed by atoms with Crippen LogP contribution in [0.1, 0.15) is 46.8 Å². The van der Waals surface area contributed by atoms with Crippen molar-refractivity contribution in [2.45, 2.75) is 39.7 Å². The van der Waals surface area contributed by atoms with E-state index in [1.807, 2.05) is 5.38 Å². The van der Waals surface area contributed by atoms with Crippen LogP contribution in [0, 0.1) is 5.41 Å². The highest BCUT2D eigenvalue weighted by Crippen LogP contribution is 2.45. The Morgan fingerprint density at radius 2 is 2.27 bits per heavy atom. The highest BCUT2D eigenvalue weighted by atomic mass is 32.1. The molecule has 6 heteroatoms. The van der Waals surface area contributed by atoms with Gasteiger partial charge in [0.1, 0.15) is 5.01 Å². The predicted molar refractivity (Wildman–Crippen MR) is 88.9 cm³/mol. The number of methoxy groups -OCH3 is 1. The Balaban J connectivity index is 2.08. The van der Waals surface area contributed by atoms with Gasteiger partial charge in [-0.2, -0.15) is 0 Å². The molecule has 1 aliphatic carbocycles.